The monoisotopic (exact) mass is 648 g/mol. The van der Waals surface area contributed by atoms with Gasteiger partial charge in [-0.3, -0.25) is 10.1 Å². The number of ether oxygens (including phenoxy) is 1. The first-order valence-corrected chi connectivity index (χ1v) is 17.3. The predicted octanol–water partition coefficient (Wildman–Crippen LogP) is 6.78. The number of nitrogens with zero attached hydrogens (tertiary/aromatic N) is 3. The zero-order chi connectivity index (χ0) is 33.5. The fourth-order valence-electron chi connectivity index (χ4n) is 7.32. The number of hydrogen-bond acceptors (Lipinski definition) is 5. The number of para-hydroxylation sites is 1. The van der Waals surface area contributed by atoms with Gasteiger partial charge in [-0.1, -0.05) is 67.6 Å². The number of piperidine rings is 1. The van der Waals surface area contributed by atoms with Crippen molar-refractivity contribution in [1.29, 1.82) is 0 Å². The molecule has 3 amide bonds. The molecule has 0 unspecified atom stereocenters. The summed E-state index contributed by atoms with van der Waals surface area (Å²) in [7, 11) is 1.74. The van der Waals surface area contributed by atoms with Crippen LogP contribution in [0.1, 0.15) is 66.4 Å². The lowest BCUT2D eigenvalue weighted by molar-refractivity contribution is 0.0912. The third-order valence-electron chi connectivity index (χ3n) is 10.1. The Morgan fingerprint density at radius 1 is 0.896 bits per heavy atom. The molecule has 252 valence electrons. The van der Waals surface area contributed by atoms with E-state index in [1.807, 2.05) is 67.6 Å². The van der Waals surface area contributed by atoms with Crippen molar-refractivity contribution >= 4 is 17.8 Å². The van der Waals surface area contributed by atoms with Gasteiger partial charge in [-0.05, 0) is 81.3 Å². The first-order valence-electron chi connectivity index (χ1n) is 17.3. The van der Waals surface area contributed by atoms with Gasteiger partial charge >= 0.3 is 6.03 Å². The topological polar surface area (TPSA) is 101 Å². The molecule has 1 saturated heterocycles. The molecular weight excluding hydrogens is 600 g/mol. The molecule has 1 aliphatic heterocycles. The summed E-state index contributed by atoms with van der Waals surface area (Å²) in [6.07, 6.45) is 4.83. The highest BCUT2D eigenvalue weighted by Gasteiger charge is 2.36. The molecule has 0 bridgehead atoms. The molecule has 0 radical (unpaired) electrons. The lowest BCUT2D eigenvalue weighted by Gasteiger charge is -2.31. The van der Waals surface area contributed by atoms with E-state index >= 15 is 0 Å². The van der Waals surface area contributed by atoms with Crippen molar-refractivity contribution in [2.24, 2.45) is 5.92 Å². The maximum atomic E-state index is 13.7. The molecule has 1 aliphatic carbocycles. The van der Waals surface area contributed by atoms with Gasteiger partial charge in [0.2, 0.25) is 0 Å². The van der Waals surface area contributed by atoms with Gasteiger partial charge in [-0.25, -0.2) is 9.48 Å². The minimum Gasteiger partial charge on any atom is -0.385 e. The Hall–Kier alpha value is -4.47. The summed E-state index contributed by atoms with van der Waals surface area (Å²) >= 11 is 0. The number of amides is 3. The molecule has 1 saturated carbocycles. The zero-order valence-electron chi connectivity index (χ0n) is 28.3. The largest absolute Gasteiger partial charge is 0.385 e. The lowest BCUT2D eigenvalue weighted by Crippen LogP contribution is -2.44. The number of benzene rings is 3. The summed E-state index contributed by atoms with van der Waals surface area (Å²) in [4.78, 5) is 29.2. The maximum absolute atomic E-state index is 13.7. The molecule has 2 aliphatic rings. The summed E-state index contributed by atoms with van der Waals surface area (Å²) in [6.45, 7) is 7.95. The lowest BCUT2D eigenvalue weighted by atomic mass is 9.93. The summed E-state index contributed by atoms with van der Waals surface area (Å²) in [5, 5.41) is 14.7. The van der Waals surface area contributed by atoms with Crippen LogP contribution in [0.5, 0.6) is 0 Å². The van der Waals surface area contributed by atoms with E-state index in [-0.39, 0.29) is 29.9 Å². The number of anilines is 1. The minimum atomic E-state index is -0.253. The van der Waals surface area contributed by atoms with Gasteiger partial charge < -0.3 is 20.3 Å². The molecule has 2 heterocycles. The van der Waals surface area contributed by atoms with Crippen LogP contribution in [0.4, 0.5) is 10.6 Å². The molecule has 6 rings (SSSR count). The maximum Gasteiger partial charge on any atom is 0.320 e. The van der Waals surface area contributed by atoms with Gasteiger partial charge in [0.1, 0.15) is 5.82 Å². The van der Waals surface area contributed by atoms with Gasteiger partial charge in [-0.15, -0.1) is 0 Å². The number of carbonyl (C=O) groups excluding carboxylic acids is 2. The molecular formula is C39H48N6O3. The van der Waals surface area contributed by atoms with Crippen LogP contribution in [0.2, 0.25) is 0 Å². The van der Waals surface area contributed by atoms with Crippen LogP contribution in [0.3, 0.4) is 0 Å². The second-order valence-electron chi connectivity index (χ2n) is 13.2. The van der Waals surface area contributed by atoms with E-state index in [2.05, 4.69) is 52.0 Å². The minimum absolute atomic E-state index is 0.0000108. The Morgan fingerprint density at radius 3 is 2.25 bits per heavy atom. The molecule has 3 aromatic carbocycles. The Balaban J connectivity index is 1.20. The van der Waals surface area contributed by atoms with Crippen LogP contribution in [0.15, 0.2) is 84.9 Å². The summed E-state index contributed by atoms with van der Waals surface area (Å²) in [5.74, 6) is 1.27. The number of likely N-dealkylation sites (tertiary alicyclic amines) is 1. The molecule has 2 fully saturated rings. The Kier molecular flexibility index (Phi) is 10.9. The van der Waals surface area contributed by atoms with Gasteiger partial charge in [0.15, 0.2) is 0 Å². The van der Waals surface area contributed by atoms with Crippen LogP contribution < -0.4 is 16.0 Å². The number of hydrogen-bond donors (Lipinski definition) is 3. The van der Waals surface area contributed by atoms with E-state index in [0.29, 0.717) is 23.9 Å². The van der Waals surface area contributed by atoms with Crippen molar-refractivity contribution in [2.45, 2.75) is 64.0 Å². The predicted molar refractivity (Wildman–Crippen MR) is 191 cm³/mol. The molecule has 48 heavy (non-hydrogen) atoms. The van der Waals surface area contributed by atoms with Gasteiger partial charge in [0, 0.05) is 61.5 Å². The van der Waals surface area contributed by atoms with Crippen molar-refractivity contribution in [3.63, 3.8) is 0 Å². The Morgan fingerprint density at radius 2 is 1.58 bits per heavy atom. The summed E-state index contributed by atoms with van der Waals surface area (Å²) < 4.78 is 7.16. The van der Waals surface area contributed by atoms with Gasteiger partial charge in [0.25, 0.3) is 5.91 Å². The van der Waals surface area contributed by atoms with Crippen molar-refractivity contribution in [3.05, 3.63) is 102 Å². The number of urea groups is 1. The fraction of sp³-hybridized carbons (Fsp3) is 0.410. The molecule has 1 aromatic heterocycles. The molecule has 9 heteroatoms. The average Bonchev–Trinajstić information content (AvgIpc) is 3.68. The summed E-state index contributed by atoms with van der Waals surface area (Å²) in [6, 6.07) is 27.8. The van der Waals surface area contributed by atoms with E-state index in [0.717, 1.165) is 74.2 Å². The highest BCUT2D eigenvalue weighted by molar-refractivity contribution is 5.95. The molecule has 9 nitrogen and oxygen atoms in total. The number of nitrogens with one attached hydrogen (secondary N) is 3. The Bertz CT molecular complexity index is 1650. The fourth-order valence-corrected chi connectivity index (χ4v) is 7.32. The molecule has 3 N–H and O–H groups in total. The number of carbonyl (C=O) groups is 2. The SMILES string of the molecule is CCN1CCC(NC(=O)c2ccc(-c3nn(-c4ccccc4)c(NC(=O)N[C@@H]4C[C@@H](CCOC)C[C@H]4c4ccccc4)c3C)cc2)CC1. The van der Waals surface area contributed by atoms with E-state index < -0.39 is 0 Å². The van der Waals surface area contributed by atoms with E-state index in [9.17, 15) is 9.59 Å². The van der Waals surface area contributed by atoms with Crippen molar-refractivity contribution < 1.29 is 14.3 Å². The summed E-state index contributed by atoms with van der Waals surface area (Å²) in [5.41, 5.74) is 5.18. The van der Waals surface area contributed by atoms with Crippen LogP contribution in [-0.4, -0.2) is 72.1 Å². The third-order valence-corrected chi connectivity index (χ3v) is 10.1. The molecule has 3 atom stereocenters. The highest BCUT2D eigenvalue weighted by Crippen LogP contribution is 2.40. The second kappa shape index (κ2) is 15.6. The van der Waals surface area contributed by atoms with Crippen molar-refractivity contribution in [1.82, 2.24) is 25.3 Å². The van der Waals surface area contributed by atoms with Crippen LogP contribution >= 0.6 is 0 Å². The van der Waals surface area contributed by atoms with Gasteiger partial charge in [0.05, 0.1) is 11.4 Å². The van der Waals surface area contributed by atoms with Crippen molar-refractivity contribution in [2.75, 3.05) is 38.7 Å². The normalized spacial score (nSPS) is 20.0. The number of aromatic nitrogens is 2. The van der Waals surface area contributed by atoms with Gasteiger partial charge in [-0.2, -0.15) is 5.10 Å². The average molecular weight is 649 g/mol. The van der Waals surface area contributed by atoms with Crippen LogP contribution in [-0.2, 0) is 4.74 Å². The standard InChI is InChI=1S/C39H48N6O3/c1-4-44-22-19-32(20-23-44)40-38(46)31-17-15-30(16-18-31)36-27(2)37(45(43-36)33-13-9-6-10-14-33)42-39(47)41-35-26-28(21-24-48-3)25-34(35)29-11-7-5-8-12-29/h5-18,28,32,34-35H,4,19-26H2,1-3H3,(H,40,46)(H2,41,42,47)/t28-,34-,35+/m0/s1. The first kappa shape index (κ1) is 33.4. The van der Waals surface area contributed by atoms with E-state index in [1.165, 1.54) is 5.56 Å². The van der Waals surface area contributed by atoms with E-state index in [1.54, 1.807) is 11.8 Å². The highest BCUT2D eigenvalue weighted by atomic mass is 16.5. The van der Waals surface area contributed by atoms with Crippen LogP contribution in [0, 0.1) is 12.8 Å². The van der Waals surface area contributed by atoms with Crippen LogP contribution in [0.25, 0.3) is 16.9 Å². The first-order chi connectivity index (χ1) is 23.4. The second-order valence-corrected chi connectivity index (χ2v) is 13.2. The quantitative estimate of drug-likeness (QED) is 0.167. The van der Waals surface area contributed by atoms with Crippen molar-refractivity contribution in [3.8, 4) is 16.9 Å². The molecule has 0 spiro atoms. The zero-order valence-corrected chi connectivity index (χ0v) is 28.3. The Labute approximate surface area is 284 Å². The smallest absolute Gasteiger partial charge is 0.320 e. The number of rotatable bonds is 11. The van der Waals surface area contributed by atoms with E-state index in [4.69, 9.17) is 9.84 Å². The number of methoxy groups -OCH3 is 1. The molecule has 4 aromatic rings. The third kappa shape index (κ3) is 7.80.